The van der Waals surface area contributed by atoms with Crippen molar-refractivity contribution in [3.8, 4) is 17.0 Å². The predicted molar refractivity (Wildman–Crippen MR) is 107 cm³/mol. The summed E-state index contributed by atoms with van der Waals surface area (Å²) < 4.78 is 0. The monoisotopic (exact) mass is 383 g/mol. The molecule has 1 unspecified atom stereocenters. The number of carboxylic acids is 1. The van der Waals surface area contributed by atoms with Crippen molar-refractivity contribution in [2.24, 2.45) is 11.7 Å². The number of pyridine rings is 1. The lowest BCUT2D eigenvalue weighted by atomic mass is 9.97. The molecule has 0 spiro atoms. The third-order valence-electron chi connectivity index (χ3n) is 6.21. The van der Waals surface area contributed by atoms with E-state index in [1.165, 1.54) is 0 Å². The van der Waals surface area contributed by atoms with Crippen LogP contribution in [0.15, 0.2) is 29.1 Å². The Morgan fingerprint density at radius 1 is 1.32 bits per heavy atom. The molecule has 148 valence electrons. The Balaban J connectivity index is 1.63. The van der Waals surface area contributed by atoms with E-state index in [9.17, 15) is 19.8 Å². The number of aromatic nitrogens is 1. The van der Waals surface area contributed by atoms with Crippen LogP contribution in [0.3, 0.4) is 0 Å². The van der Waals surface area contributed by atoms with Crippen LogP contribution in [-0.4, -0.2) is 39.8 Å². The van der Waals surface area contributed by atoms with Gasteiger partial charge in [0.15, 0.2) is 5.56 Å². The fourth-order valence-electron chi connectivity index (χ4n) is 4.27. The van der Waals surface area contributed by atoms with Crippen molar-refractivity contribution in [2.75, 3.05) is 18.0 Å². The van der Waals surface area contributed by atoms with E-state index in [4.69, 9.17) is 5.73 Å². The van der Waals surface area contributed by atoms with Crippen LogP contribution in [0.2, 0.25) is 0 Å². The van der Waals surface area contributed by atoms with E-state index >= 15 is 0 Å². The van der Waals surface area contributed by atoms with E-state index in [0.717, 1.165) is 43.6 Å². The van der Waals surface area contributed by atoms with Crippen LogP contribution >= 0.6 is 0 Å². The van der Waals surface area contributed by atoms with Crippen molar-refractivity contribution in [3.63, 3.8) is 0 Å². The number of carbonyl (C=O) groups is 1. The molecule has 1 aliphatic heterocycles. The Morgan fingerprint density at radius 2 is 2.00 bits per heavy atom. The third-order valence-corrected chi connectivity index (χ3v) is 6.21. The van der Waals surface area contributed by atoms with E-state index in [0.29, 0.717) is 23.6 Å². The Kier molecular flexibility index (Phi) is 4.42. The predicted octanol–water partition coefficient (Wildman–Crippen LogP) is 2.33. The largest absolute Gasteiger partial charge is 0.506 e. The van der Waals surface area contributed by atoms with Gasteiger partial charge in [0.05, 0.1) is 5.69 Å². The average molecular weight is 383 g/mol. The number of aromatic hydroxyl groups is 1. The molecule has 1 saturated heterocycles. The number of hydrogen-bond donors (Lipinski definition) is 4. The van der Waals surface area contributed by atoms with Crippen LogP contribution in [-0.2, 0) is 6.42 Å². The van der Waals surface area contributed by atoms with Crippen molar-refractivity contribution in [3.05, 3.63) is 45.7 Å². The molecule has 1 saturated carbocycles. The fraction of sp³-hybridized carbons (Fsp3) is 0.429. The number of carboxylic acid groups (broad SMARTS) is 1. The summed E-state index contributed by atoms with van der Waals surface area (Å²) in [6.07, 6.45) is 3.74. The molecule has 2 fully saturated rings. The molecule has 1 aromatic carbocycles. The Hall–Kier alpha value is -2.80. The zero-order valence-corrected chi connectivity index (χ0v) is 15.9. The number of hydrogen-bond acceptors (Lipinski definition) is 5. The standard InChI is InChI=1S/C21H25N3O4/c1-2-15-17(23-19(26)16(18(15)25)20(27)28)12-3-5-14(6-4-12)24-10-7-13(11-24)21(22)8-9-21/h3-6,13H,2,7-11,22H2,1H3,(H,27,28)(H2,23,25,26). The van der Waals surface area contributed by atoms with E-state index in [1.54, 1.807) is 0 Å². The highest BCUT2D eigenvalue weighted by atomic mass is 16.4. The maximum absolute atomic E-state index is 12.1. The van der Waals surface area contributed by atoms with E-state index in [-0.39, 0.29) is 5.54 Å². The van der Waals surface area contributed by atoms with Crippen molar-refractivity contribution in [2.45, 2.75) is 38.1 Å². The van der Waals surface area contributed by atoms with Gasteiger partial charge in [-0.15, -0.1) is 0 Å². The van der Waals surface area contributed by atoms with Crippen LogP contribution in [0.1, 0.15) is 42.1 Å². The molecule has 5 N–H and O–H groups in total. The van der Waals surface area contributed by atoms with Gasteiger partial charge in [0, 0.05) is 29.9 Å². The van der Waals surface area contributed by atoms with Crippen LogP contribution in [0.5, 0.6) is 5.75 Å². The molecule has 1 atom stereocenters. The minimum atomic E-state index is -1.44. The summed E-state index contributed by atoms with van der Waals surface area (Å²) in [6.45, 7) is 3.75. The zero-order chi connectivity index (χ0) is 20.1. The summed E-state index contributed by atoms with van der Waals surface area (Å²) >= 11 is 0. The van der Waals surface area contributed by atoms with Crippen LogP contribution in [0.4, 0.5) is 5.69 Å². The fourth-order valence-corrected chi connectivity index (χ4v) is 4.27. The van der Waals surface area contributed by atoms with Gasteiger partial charge in [-0.05, 0) is 49.3 Å². The number of rotatable bonds is 5. The highest BCUT2D eigenvalue weighted by Crippen LogP contribution is 2.44. The first-order valence-electron chi connectivity index (χ1n) is 9.69. The SMILES string of the molecule is CCc1c(-c2ccc(N3CCC(C4(N)CC4)C3)cc2)[nH]c(=O)c(C(=O)O)c1O. The van der Waals surface area contributed by atoms with Gasteiger partial charge >= 0.3 is 5.97 Å². The van der Waals surface area contributed by atoms with Gasteiger partial charge in [-0.3, -0.25) is 4.79 Å². The molecule has 1 aliphatic carbocycles. The Bertz CT molecular complexity index is 976. The van der Waals surface area contributed by atoms with Crippen LogP contribution in [0.25, 0.3) is 11.3 Å². The lowest BCUT2D eigenvalue weighted by molar-refractivity contribution is 0.0691. The maximum atomic E-state index is 12.1. The molecule has 0 amide bonds. The van der Waals surface area contributed by atoms with Gasteiger partial charge in [-0.25, -0.2) is 4.79 Å². The van der Waals surface area contributed by atoms with E-state index in [2.05, 4.69) is 9.88 Å². The topological polar surface area (TPSA) is 120 Å². The molecule has 2 aromatic rings. The molecule has 4 rings (SSSR count). The summed E-state index contributed by atoms with van der Waals surface area (Å²) in [6, 6.07) is 7.77. The van der Waals surface area contributed by atoms with Gasteiger partial charge in [0.2, 0.25) is 0 Å². The first kappa shape index (κ1) is 18.6. The Labute approximate surface area is 162 Å². The van der Waals surface area contributed by atoms with E-state index < -0.39 is 22.8 Å². The smallest absolute Gasteiger partial charge is 0.345 e. The first-order valence-corrected chi connectivity index (χ1v) is 9.69. The molecule has 7 heteroatoms. The number of nitrogens with zero attached hydrogens (tertiary/aromatic N) is 1. The quantitative estimate of drug-likeness (QED) is 0.629. The highest BCUT2D eigenvalue weighted by molar-refractivity contribution is 5.92. The summed E-state index contributed by atoms with van der Waals surface area (Å²) in [5.41, 5.74) is 7.69. The summed E-state index contributed by atoms with van der Waals surface area (Å²) in [4.78, 5) is 28.4. The Morgan fingerprint density at radius 3 is 2.57 bits per heavy atom. The second kappa shape index (κ2) is 6.67. The summed E-state index contributed by atoms with van der Waals surface area (Å²) in [5.74, 6) is -1.36. The molecule has 0 radical (unpaired) electrons. The average Bonchev–Trinajstić information content (AvgIpc) is 3.21. The normalized spacial score (nSPS) is 20.4. The van der Waals surface area contributed by atoms with Gasteiger partial charge < -0.3 is 25.8 Å². The minimum absolute atomic E-state index is 0.0353. The number of H-pyrrole nitrogens is 1. The van der Waals surface area contributed by atoms with Gasteiger partial charge in [-0.1, -0.05) is 19.1 Å². The molecular formula is C21H25N3O4. The molecule has 1 aromatic heterocycles. The molecular weight excluding hydrogens is 358 g/mol. The summed E-state index contributed by atoms with van der Waals surface area (Å²) in [7, 11) is 0. The molecule has 7 nitrogen and oxygen atoms in total. The number of aromatic amines is 1. The van der Waals surface area contributed by atoms with Gasteiger partial charge in [-0.2, -0.15) is 0 Å². The van der Waals surface area contributed by atoms with E-state index in [1.807, 2.05) is 31.2 Å². The van der Waals surface area contributed by atoms with Crippen LogP contribution in [0, 0.1) is 5.92 Å². The molecule has 2 aliphatic rings. The number of benzene rings is 1. The lowest BCUT2D eigenvalue weighted by Crippen LogP contribution is -2.34. The number of nitrogens with two attached hydrogens (primary N) is 1. The maximum Gasteiger partial charge on any atom is 0.345 e. The van der Waals surface area contributed by atoms with Crippen LogP contribution < -0.4 is 16.2 Å². The first-order chi connectivity index (χ1) is 13.3. The highest BCUT2D eigenvalue weighted by Gasteiger charge is 2.47. The number of nitrogens with one attached hydrogen (secondary N) is 1. The zero-order valence-electron chi connectivity index (χ0n) is 15.9. The molecule has 2 heterocycles. The second-order valence-electron chi connectivity index (χ2n) is 7.90. The van der Waals surface area contributed by atoms with Crippen molar-refractivity contribution in [1.29, 1.82) is 0 Å². The summed E-state index contributed by atoms with van der Waals surface area (Å²) in [5, 5.41) is 19.5. The number of aromatic carboxylic acids is 1. The van der Waals surface area contributed by atoms with Crippen molar-refractivity contribution < 1.29 is 15.0 Å². The second-order valence-corrected chi connectivity index (χ2v) is 7.90. The minimum Gasteiger partial charge on any atom is -0.506 e. The molecule has 0 bridgehead atoms. The number of anilines is 1. The van der Waals surface area contributed by atoms with Crippen molar-refractivity contribution in [1.82, 2.24) is 4.98 Å². The lowest BCUT2D eigenvalue weighted by Gasteiger charge is -2.22. The third kappa shape index (κ3) is 3.05. The van der Waals surface area contributed by atoms with Gasteiger partial charge in [0.1, 0.15) is 5.75 Å². The van der Waals surface area contributed by atoms with Crippen molar-refractivity contribution >= 4 is 11.7 Å². The van der Waals surface area contributed by atoms with Gasteiger partial charge in [0.25, 0.3) is 5.56 Å². The molecule has 28 heavy (non-hydrogen) atoms.